The summed E-state index contributed by atoms with van der Waals surface area (Å²) in [6, 6.07) is 0. The van der Waals surface area contributed by atoms with Gasteiger partial charge in [-0.15, -0.1) is 0 Å². The molecular formula is C6H7F3O4. The standard InChI is InChI=1S/C6H7F3O4/c1-10-6(11-2)12-3-4(13-6)5(7,8)9/h3H,1-2H3. The van der Waals surface area contributed by atoms with Crippen molar-refractivity contribution < 1.29 is 32.1 Å². The number of halogens is 3. The average Bonchev–Trinajstić information content (AvgIpc) is 2.48. The molecule has 13 heavy (non-hydrogen) atoms. The van der Waals surface area contributed by atoms with Crippen molar-refractivity contribution in [2.45, 2.75) is 12.3 Å². The van der Waals surface area contributed by atoms with E-state index in [2.05, 4.69) is 18.9 Å². The summed E-state index contributed by atoms with van der Waals surface area (Å²) in [5.41, 5.74) is 0. The third kappa shape index (κ3) is 1.86. The van der Waals surface area contributed by atoms with Crippen molar-refractivity contribution in [1.29, 1.82) is 0 Å². The lowest BCUT2D eigenvalue weighted by molar-refractivity contribution is -0.448. The van der Waals surface area contributed by atoms with Crippen LogP contribution < -0.4 is 0 Å². The summed E-state index contributed by atoms with van der Waals surface area (Å²) in [5, 5.41) is 0. The Hall–Kier alpha value is -0.950. The predicted molar refractivity (Wildman–Crippen MR) is 33.1 cm³/mol. The number of ether oxygens (including phenoxy) is 4. The van der Waals surface area contributed by atoms with Crippen molar-refractivity contribution in [2.24, 2.45) is 0 Å². The maximum atomic E-state index is 12.0. The van der Waals surface area contributed by atoms with Gasteiger partial charge < -0.3 is 9.47 Å². The van der Waals surface area contributed by atoms with E-state index in [0.29, 0.717) is 6.26 Å². The van der Waals surface area contributed by atoms with E-state index in [-0.39, 0.29) is 0 Å². The van der Waals surface area contributed by atoms with Gasteiger partial charge in [-0.2, -0.15) is 13.2 Å². The molecule has 0 atom stereocenters. The van der Waals surface area contributed by atoms with E-state index in [4.69, 9.17) is 0 Å². The molecule has 0 spiro atoms. The molecule has 4 nitrogen and oxygen atoms in total. The monoisotopic (exact) mass is 200 g/mol. The van der Waals surface area contributed by atoms with Crippen LogP contribution >= 0.6 is 0 Å². The van der Waals surface area contributed by atoms with Crippen LogP contribution in [0.4, 0.5) is 13.2 Å². The van der Waals surface area contributed by atoms with Crippen LogP contribution in [-0.2, 0) is 18.9 Å². The van der Waals surface area contributed by atoms with Crippen molar-refractivity contribution in [3.05, 3.63) is 12.0 Å². The van der Waals surface area contributed by atoms with Gasteiger partial charge in [0, 0.05) is 14.2 Å². The summed E-state index contributed by atoms with van der Waals surface area (Å²) in [5.74, 6) is -1.30. The van der Waals surface area contributed by atoms with Crippen molar-refractivity contribution in [2.75, 3.05) is 14.2 Å². The first-order valence-electron chi connectivity index (χ1n) is 3.18. The second-order valence-electron chi connectivity index (χ2n) is 2.11. The van der Waals surface area contributed by atoms with Crippen molar-refractivity contribution in [3.8, 4) is 0 Å². The molecule has 0 unspecified atom stereocenters. The molecule has 7 heteroatoms. The molecule has 0 saturated carbocycles. The molecule has 1 heterocycles. The zero-order chi connectivity index (χ0) is 10.1. The van der Waals surface area contributed by atoms with Crippen molar-refractivity contribution in [1.82, 2.24) is 0 Å². The minimum absolute atomic E-state index is 0.396. The van der Waals surface area contributed by atoms with Crippen LogP contribution in [-0.4, -0.2) is 26.6 Å². The first kappa shape index (κ1) is 10.1. The molecule has 0 amide bonds. The second-order valence-corrected chi connectivity index (χ2v) is 2.11. The average molecular weight is 200 g/mol. The van der Waals surface area contributed by atoms with Crippen LogP contribution in [0.2, 0.25) is 0 Å². The predicted octanol–water partition coefficient (Wildman–Crippen LogP) is 1.34. The Bertz CT molecular complexity index is 218. The van der Waals surface area contributed by atoms with Gasteiger partial charge in [0.2, 0.25) is 5.76 Å². The minimum atomic E-state index is -4.61. The number of hydrogen-bond acceptors (Lipinski definition) is 4. The molecule has 0 saturated heterocycles. The highest BCUT2D eigenvalue weighted by Crippen LogP contribution is 2.36. The summed E-state index contributed by atoms with van der Waals surface area (Å²) >= 11 is 0. The van der Waals surface area contributed by atoms with E-state index in [0.717, 1.165) is 14.2 Å². The summed E-state index contributed by atoms with van der Waals surface area (Å²) < 4.78 is 53.6. The van der Waals surface area contributed by atoms with Gasteiger partial charge in [0.15, 0.2) is 0 Å². The first-order valence-corrected chi connectivity index (χ1v) is 3.18. The fourth-order valence-electron chi connectivity index (χ4n) is 0.696. The normalized spacial score (nSPS) is 20.5. The van der Waals surface area contributed by atoms with Crippen LogP contribution in [0.25, 0.3) is 0 Å². The van der Waals surface area contributed by atoms with Crippen LogP contribution in [0, 0.1) is 0 Å². The number of alkyl halides is 3. The topological polar surface area (TPSA) is 36.9 Å². The van der Waals surface area contributed by atoms with E-state index in [1.165, 1.54) is 0 Å². The van der Waals surface area contributed by atoms with Crippen LogP contribution in [0.1, 0.15) is 0 Å². The highest BCUT2D eigenvalue weighted by molar-refractivity contribution is 5.00. The molecule has 0 N–H and O–H groups in total. The van der Waals surface area contributed by atoms with Gasteiger partial charge in [0.25, 0.3) is 0 Å². The fraction of sp³-hybridized carbons (Fsp3) is 0.667. The quantitative estimate of drug-likeness (QED) is 0.630. The Labute approximate surface area is 71.8 Å². The summed E-state index contributed by atoms with van der Waals surface area (Å²) in [6.07, 6.45) is -6.32. The van der Waals surface area contributed by atoms with Gasteiger partial charge in [-0.25, -0.2) is 0 Å². The Balaban J connectivity index is 2.70. The highest BCUT2D eigenvalue weighted by Gasteiger charge is 2.50. The smallest absolute Gasteiger partial charge is 0.411 e. The van der Waals surface area contributed by atoms with E-state index in [9.17, 15) is 13.2 Å². The zero-order valence-electron chi connectivity index (χ0n) is 6.84. The summed E-state index contributed by atoms with van der Waals surface area (Å²) in [7, 11) is 2.19. The molecule has 1 aliphatic heterocycles. The number of hydrogen-bond donors (Lipinski definition) is 0. The Morgan fingerprint density at radius 3 is 2.08 bits per heavy atom. The molecule has 0 aliphatic carbocycles. The van der Waals surface area contributed by atoms with Gasteiger partial charge in [-0.1, -0.05) is 0 Å². The lowest BCUT2D eigenvalue weighted by Gasteiger charge is -2.22. The van der Waals surface area contributed by atoms with Gasteiger partial charge in [-0.05, 0) is 0 Å². The molecular weight excluding hydrogens is 193 g/mol. The van der Waals surface area contributed by atoms with E-state index in [1.54, 1.807) is 0 Å². The maximum absolute atomic E-state index is 12.0. The minimum Gasteiger partial charge on any atom is -0.411 e. The fourth-order valence-corrected chi connectivity index (χ4v) is 0.696. The molecule has 0 radical (unpaired) electrons. The molecule has 1 rings (SSSR count). The molecule has 0 fully saturated rings. The Morgan fingerprint density at radius 2 is 1.85 bits per heavy atom. The highest BCUT2D eigenvalue weighted by atomic mass is 19.4. The third-order valence-corrected chi connectivity index (χ3v) is 1.32. The van der Waals surface area contributed by atoms with E-state index < -0.39 is 18.1 Å². The Morgan fingerprint density at radius 1 is 1.31 bits per heavy atom. The summed E-state index contributed by atoms with van der Waals surface area (Å²) in [4.78, 5) is 0. The molecule has 1 aliphatic rings. The van der Waals surface area contributed by atoms with Gasteiger partial charge in [0.05, 0.1) is 0 Å². The largest absolute Gasteiger partial charge is 0.509 e. The van der Waals surface area contributed by atoms with E-state index >= 15 is 0 Å². The maximum Gasteiger partial charge on any atom is 0.509 e. The SMILES string of the molecule is COC1(OC)OC=C(C(F)(F)F)O1. The van der Waals surface area contributed by atoms with Crippen LogP contribution in [0.5, 0.6) is 0 Å². The number of rotatable bonds is 2. The number of allylic oxidation sites excluding steroid dienone is 1. The van der Waals surface area contributed by atoms with Gasteiger partial charge in [-0.3, -0.25) is 9.47 Å². The van der Waals surface area contributed by atoms with Gasteiger partial charge >= 0.3 is 12.3 Å². The van der Waals surface area contributed by atoms with Crippen molar-refractivity contribution >= 4 is 0 Å². The Kier molecular flexibility index (Phi) is 2.40. The number of methoxy groups -OCH3 is 2. The lowest BCUT2D eigenvalue weighted by atomic mass is 10.5. The second kappa shape index (κ2) is 3.08. The summed E-state index contributed by atoms with van der Waals surface area (Å²) in [6.45, 7) is 0. The molecule has 76 valence electrons. The van der Waals surface area contributed by atoms with Gasteiger partial charge in [0.1, 0.15) is 6.26 Å². The van der Waals surface area contributed by atoms with E-state index in [1.807, 2.05) is 0 Å². The molecule has 0 aromatic rings. The lowest BCUT2D eigenvalue weighted by Crippen LogP contribution is -2.36. The van der Waals surface area contributed by atoms with Crippen LogP contribution in [0.15, 0.2) is 12.0 Å². The third-order valence-electron chi connectivity index (χ3n) is 1.32. The molecule has 0 aromatic heterocycles. The van der Waals surface area contributed by atoms with Crippen LogP contribution in [0.3, 0.4) is 0 Å². The molecule has 0 aromatic carbocycles. The zero-order valence-corrected chi connectivity index (χ0v) is 6.84. The first-order chi connectivity index (χ1) is 5.93. The van der Waals surface area contributed by atoms with Crippen molar-refractivity contribution in [3.63, 3.8) is 0 Å². The molecule has 0 bridgehead atoms.